The van der Waals surface area contributed by atoms with Gasteiger partial charge in [0.2, 0.25) is 11.8 Å². The quantitative estimate of drug-likeness (QED) is 0.731. The summed E-state index contributed by atoms with van der Waals surface area (Å²) < 4.78 is 11.6. The van der Waals surface area contributed by atoms with E-state index in [4.69, 9.17) is 9.47 Å². The zero-order chi connectivity index (χ0) is 14.7. The van der Waals surface area contributed by atoms with Crippen molar-refractivity contribution < 1.29 is 19.1 Å². The van der Waals surface area contributed by atoms with Crippen LogP contribution in [0.1, 0.15) is 33.1 Å². The van der Waals surface area contributed by atoms with E-state index in [0.29, 0.717) is 24.7 Å². The maximum absolute atomic E-state index is 11.8. The number of likely N-dealkylation sites (N-methyl/N-ethyl adjacent to an activating group) is 1. The first-order valence-corrected chi connectivity index (χ1v) is 7.27. The normalized spacial score (nSPS) is 30.9. The summed E-state index contributed by atoms with van der Waals surface area (Å²) in [5.74, 6) is -0.0620. The van der Waals surface area contributed by atoms with Crippen LogP contribution in [0.4, 0.5) is 0 Å². The fourth-order valence-corrected chi connectivity index (χ4v) is 3.06. The van der Waals surface area contributed by atoms with Crippen LogP contribution in [-0.4, -0.2) is 49.8 Å². The molecule has 0 aliphatic carbocycles. The molecule has 114 valence electrons. The van der Waals surface area contributed by atoms with Gasteiger partial charge in [-0.3, -0.25) is 9.59 Å². The molecule has 0 spiro atoms. The fourth-order valence-electron chi connectivity index (χ4n) is 3.06. The molecule has 0 aromatic heterocycles. The van der Waals surface area contributed by atoms with Crippen LogP contribution in [0.25, 0.3) is 0 Å². The minimum Gasteiger partial charge on any atom is -0.375 e. The molecule has 6 heteroatoms. The first-order valence-electron chi connectivity index (χ1n) is 7.27. The Balaban J connectivity index is 1.83. The van der Waals surface area contributed by atoms with Crippen molar-refractivity contribution in [3.63, 3.8) is 0 Å². The molecule has 0 radical (unpaired) electrons. The number of amides is 2. The Morgan fingerprint density at radius 1 is 1.40 bits per heavy atom. The molecule has 2 aliphatic heterocycles. The van der Waals surface area contributed by atoms with Crippen molar-refractivity contribution in [2.45, 2.75) is 57.5 Å². The Morgan fingerprint density at radius 3 is 2.65 bits per heavy atom. The molecule has 2 N–H and O–H groups in total. The van der Waals surface area contributed by atoms with Gasteiger partial charge in [0.05, 0.1) is 24.9 Å². The highest BCUT2D eigenvalue weighted by atomic mass is 16.5. The highest BCUT2D eigenvalue weighted by Gasteiger charge is 2.41. The monoisotopic (exact) mass is 284 g/mol. The number of rotatable bonds is 6. The van der Waals surface area contributed by atoms with Crippen molar-refractivity contribution >= 4 is 11.8 Å². The van der Waals surface area contributed by atoms with Gasteiger partial charge in [0.15, 0.2) is 0 Å². The zero-order valence-electron chi connectivity index (χ0n) is 12.3. The van der Waals surface area contributed by atoms with Gasteiger partial charge in [0.25, 0.3) is 0 Å². The summed E-state index contributed by atoms with van der Waals surface area (Å²) in [6.07, 6.45) is 3.65. The highest BCUT2D eigenvalue weighted by Crippen LogP contribution is 2.38. The molecule has 2 heterocycles. The van der Waals surface area contributed by atoms with E-state index < -0.39 is 6.04 Å². The van der Waals surface area contributed by atoms with Crippen LogP contribution in [0, 0.1) is 5.92 Å². The van der Waals surface area contributed by atoms with Gasteiger partial charge in [-0.1, -0.05) is 0 Å². The maximum Gasteiger partial charge on any atom is 0.245 e. The second kappa shape index (κ2) is 6.54. The summed E-state index contributed by atoms with van der Waals surface area (Å²) in [6.45, 7) is 3.78. The largest absolute Gasteiger partial charge is 0.375 e. The lowest BCUT2D eigenvalue weighted by molar-refractivity contribution is -0.132. The number of carbonyl (C=O) groups is 2. The van der Waals surface area contributed by atoms with Gasteiger partial charge in [0.1, 0.15) is 6.04 Å². The van der Waals surface area contributed by atoms with Gasteiger partial charge < -0.3 is 20.1 Å². The standard InChI is InChI=1S/C14H24N2O4/c1-8(13(14(18)15-3)16-9(2)17)19-7-10-6-11-4-5-12(10)20-11/h8,10-13H,4-7H2,1-3H3,(H,15,18)(H,16,17). The molecule has 6 nitrogen and oxygen atoms in total. The van der Waals surface area contributed by atoms with Gasteiger partial charge in [-0.15, -0.1) is 0 Å². The van der Waals surface area contributed by atoms with Crippen molar-refractivity contribution in [2.24, 2.45) is 5.92 Å². The van der Waals surface area contributed by atoms with Crippen LogP contribution < -0.4 is 10.6 Å². The highest BCUT2D eigenvalue weighted by molar-refractivity contribution is 5.87. The average molecular weight is 284 g/mol. The molecule has 0 aromatic rings. The minimum absolute atomic E-state index is 0.239. The molecule has 20 heavy (non-hydrogen) atoms. The molecule has 2 fully saturated rings. The van der Waals surface area contributed by atoms with Crippen molar-refractivity contribution in [3.05, 3.63) is 0 Å². The van der Waals surface area contributed by atoms with E-state index in [2.05, 4.69) is 10.6 Å². The SMILES string of the molecule is CNC(=O)C(NC(C)=O)C(C)OCC1CC2CCC1O2. The van der Waals surface area contributed by atoms with E-state index >= 15 is 0 Å². The summed E-state index contributed by atoms with van der Waals surface area (Å²) in [7, 11) is 1.55. The molecule has 0 aromatic carbocycles. The maximum atomic E-state index is 11.8. The first-order chi connectivity index (χ1) is 9.51. The minimum atomic E-state index is -0.656. The van der Waals surface area contributed by atoms with E-state index in [1.54, 1.807) is 7.05 Å². The third kappa shape index (κ3) is 3.49. The number of carbonyl (C=O) groups excluding carboxylic acids is 2. The second-order valence-electron chi connectivity index (χ2n) is 5.70. The Hall–Kier alpha value is -1.14. The first kappa shape index (κ1) is 15.3. The Kier molecular flexibility index (Phi) is 4.99. The molecular formula is C14H24N2O4. The topological polar surface area (TPSA) is 76.7 Å². The van der Waals surface area contributed by atoms with E-state index in [1.165, 1.54) is 6.92 Å². The number of hydrogen-bond acceptors (Lipinski definition) is 4. The zero-order valence-corrected chi connectivity index (χ0v) is 12.3. The fraction of sp³-hybridized carbons (Fsp3) is 0.857. The summed E-state index contributed by atoms with van der Waals surface area (Å²) in [4.78, 5) is 23.0. The molecule has 5 unspecified atom stereocenters. The van der Waals surface area contributed by atoms with E-state index in [1.807, 2.05) is 6.92 Å². The molecule has 2 rings (SSSR count). The Bertz CT molecular complexity index is 374. The van der Waals surface area contributed by atoms with Crippen LogP contribution in [-0.2, 0) is 19.1 Å². The van der Waals surface area contributed by atoms with E-state index in [0.717, 1.165) is 19.3 Å². The van der Waals surface area contributed by atoms with Crippen LogP contribution in [0.5, 0.6) is 0 Å². The molecule has 2 bridgehead atoms. The second-order valence-corrected chi connectivity index (χ2v) is 5.70. The van der Waals surface area contributed by atoms with Gasteiger partial charge >= 0.3 is 0 Å². The lowest BCUT2D eigenvalue weighted by Crippen LogP contribution is -2.52. The molecule has 2 aliphatic rings. The van der Waals surface area contributed by atoms with Crippen LogP contribution in [0.15, 0.2) is 0 Å². The van der Waals surface area contributed by atoms with Crippen LogP contribution >= 0.6 is 0 Å². The number of ether oxygens (including phenoxy) is 2. The lowest BCUT2D eigenvalue weighted by Gasteiger charge is -2.26. The summed E-state index contributed by atoms with van der Waals surface area (Å²) in [5.41, 5.74) is 0. The van der Waals surface area contributed by atoms with Gasteiger partial charge in [-0.05, 0) is 26.2 Å². The van der Waals surface area contributed by atoms with Crippen LogP contribution in [0.2, 0.25) is 0 Å². The molecule has 0 saturated carbocycles. The molecule has 2 saturated heterocycles. The van der Waals surface area contributed by atoms with Gasteiger partial charge in [-0.2, -0.15) is 0 Å². The van der Waals surface area contributed by atoms with Gasteiger partial charge in [-0.25, -0.2) is 0 Å². The third-order valence-corrected chi connectivity index (χ3v) is 4.16. The average Bonchev–Trinajstić information content (AvgIpc) is 3.03. The number of hydrogen-bond donors (Lipinski definition) is 2. The predicted molar refractivity (Wildman–Crippen MR) is 73.1 cm³/mol. The smallest absolute Gasteiger partial charge is 0.245 e. The van der Waals surface area contributed by atoms with E-state index in [9.17, 15) is 9.59 Å². The van der Waals surface area contributed by atoms with E-state index in [-0.39, 0.29) is 17.9 Å². The summed E-state index contributed by atoms with van der Waals surface area (Å²) >= 11 is 0. The van der Waals surface area contributed by atoms with Crippen molar-refractivity contribution in [1.29, 1.82) is 0 Å². The number of nitrogens with one attached hydrogen (secondary N) is 2. The molecule has 5 atom stereocenters. The predicted octanol–water partition coefficient (Wildman–Crippen LogP) is 0.210. The van der Waals surface area contributed by atoms with Crippen molar-refractivity contribution in [1.82, 2.24) is 10.6 Å². The Labute approximate surface area is 119 Å². The third-order valence-electron chi connectivity index (χ3n) is 4.16. The lowest BCUT2D eigenvalue weighted by atomic mass is 9.90. The molecular weight excluding hydrogens is 260 g/mol. The summed E-state index contributed by atoms with van der Waals surface area (Å²) in [6, 6.07) is -0.656. The van der Waals surface area contributed by atoms with Crippen molar-refractivity contribution in [2.75, 3.05) is 13.7 Å². The summed E-state index contributed by atoms with van der Waals surface area (Å²) in [5, 5.41) is 5.18. The van der Waals surface area contributed by atoms with Gasteiger partial charge in [0, 0.05) is 19.9 Å². The molecule has 2 amide bonds. The number of fused-ring (bicyclic) bond motifs is 2. The van der Waals surface area contributed by atoms with Crippen molar-refractivity contribution in [3.8, 4) is 0 Å². The Morgan fingerprint density at radius 2 is 2.15 bits per heavy atom. The van der Waals surface area contributed by atoms with Crippen LogP contribution in [0.3, 0.4) is 0 Å².